The summed E-state index contributed by atoms with van der Waals surface area (Å²) in [6, 6.07) is 11.5. The first-order chi connectivity index (χ1) is 11.3. The Hall–Kier alpha value is -2.82. The van der Waals surface area contributed by atoms with Gasteiger partial charge in [0.1, 0.15) is 11.9 Å². The molecule has 0 bridgehead atoms. The largest absolute Gasteiger partial charge is 0.488 e. The highest BCUT2D eigenvalue weighted by atomic mass is 16.5. The summed E-state index contributed by atoms with van der Waals surface area (Å²) in [5, 5.41) is 0. The molecule has 1 saturated heterocycles. The molecule has 0 aromatic carbocycles. The summed E-state index contributed by atoms with van der Waals surface area (Å²) in [7, 11) is 0. The maximum atomic E-state index is 12.7. The van der Waals surface area contributed by atoms with E-state index in [1.807, 2.05) is 58.1 Å². The number of hydrogen-bond donors (Lipinski definition) is 0. The van der Waals surface area contributed by atoms with Gasteiger partial charge in [0.15, 0.2) is 0 Å². The highest BCUT2D eigenvalue weighted by molar-refractivity contribution is 5.95. The lowest BCUT2D eigenvalue weighted by atomic mass is 10.3. The first-order valence-electron chi connectivity index (χ1n) is 7.72. The molecule has 0 saturated carbocycles. The SMILES string of the molecule is O=C(c1cc2ccccn2c1)N1CC[C@H](Oc2ccncc2)C1. The summed E-state index contributed by atoms with van der Waals surface area (Å²) in [6.45, 7) is 1.34. The lowest BCUT2D eigenvalue weighted by Gasteiger charge is -2.16. The van der Waals surface area contributed by atoms with Crippen LogP contribution >= 0.6 is 0 Å². The fourth-order valence-electron chi connectivity index (χ4n) is 2.97. The number of rotatable bonds is 3. The van der Waals surface area contributed by atoms with Crippen molar-refractivity contribution in [3.05, 3.63) is 66.7 Å². The highest BCUT2D eigenvalue weighted by Crippen LogP contribution is 2.20. The molecule has 1 fully saturated rings. The van der Waals surface area contributed by atoms with E-state index >= 15 is 0 Å². The van der Waals surface area contributed by atoms with Gasteiger partial charge in [-0.15, -0.1) is 0 Å². The molecule has 1 aliphatic heterocycles. The predicted molar refractivity (Wildman–Crippen MR) is 86.6 cm³/mol. The van der Waals surface area contributed by atoms with Crippen LogP contribution in [0.3, 0.4) is 0 Å². The third-order valence-corrected chi connectivity index (χ3v) is 4.14. The number of aromatic nitrogens is 2. The lowest BCUT2D eigenvalue weighted by Crippen LogP contribution is -2.30. The summed E-state index contributed by atoms with van der Waals surface area (Å²) in [5.74, 6) is 0.864. The van der Waals surface area contributed by atoms with Gasteiger partial charge >= 0.3 is 0 Å². The number of pyridine rings is 2. The van der Waals surface area contributed by atoms with Crippen LogP contribution in [0.2, 0.25) is 0 Å². The molecule has 5 nitrogen and oxygen atoms in total. The number of fused-ring (bicyclic) bond motifs is 1. The molecule has 0 radical (unpaired) electrons. The summed E-state index contributed by atoms with van der Waals surface area (Å²) >= 11 is 0. The van der Waals surface area contributed by atoms with Crippen molar-refractivity contribution < 1.29 is 9.53 Å². The zero-order valence-electron chi connectivity index (χ0n) is 12.6. The lowest BCUT2D eigenvalue weighted by molar-refractivity contribution is 0.0772. The van der Waals surface area contributed by atoms with Gasteiger partial charge in [0.2, 0.25) is 0 Å². The molecule has 4 rings (SSSR count). The predicted octanol–water partition coefficient (Wildman–Crippen LogP) is 2.63. The number of carbonyl (C=O) groups is 1. The minimum absolute atomic E-state index is 0.0402. The zero-order valence-corrected chi connectivity index (χ0v) is 12.6. The molecule has 3 aromatic rings. The van der Waals surface area contributed by atoms with Gasteiger partial charge < -0.3 is 14.0 Å². The Morgan fingerprint density at radius 2 is 2.09 bits per heavy atom. The van der Waals surface area contributed by atoms with Gasteiger partial charge in [-0.3, -0.25) is 9.78 Å². The van der Waals surface area contributed by atoms with Crippen LogP contribution in [0.4, 0.5) is 0 Å². The van der Waals surface area contributed by atoms with Crippen molar-refractivity contribution in [2.45, 2.75) is 12.5 Å². The van der Waals surface area contributed by atoms with E-state index in [4.69, 9.17) is 4.74 Å². The number of hydrogen-bond acceptors (Lipinski definition) is 3. The standard InChI is InChI=1S/C18H17N3O2/c22-18(14-11-15-3-1-2-9-20(15)12-14)21-10-6-17(13-21)23-16-4-7-19-8-5-16/h1-5,7-9,11-12,17H,6,10,13H2/t17-/m0/s1. The molecular formula is C18H17N3O2. The second kappa shape index (κ2) is 5.76. The van der Waals surface area contributed by atoms with Crippen molar-refractivity contribution in [3.8, 4) is 5.75 Å². The normalized spacial score (nSPS) is 17.6. The molecule has 0 aliphatic carbocycles. The minimum atomic E-state index is 0.0402. The average Bonchev–Trinajstić information content (AvgIpc) is 3.21. The fourth-order valence-corrected chi connectivity index (χ4v) is 2.97. The Balaban J connectivity index is 1.45. The van der Waals surface area contributed by atoms with Gasteiger partial charge in [0.25, 0.3) is 5.91 Å². The van der Waals surface area contributed by atoms with E-state index in [0.717, 1.165) is 29.8 Å². The molecule has 1 amide bonds. The number of ether oxygens (including phenoxy) is 1. The van der Waals surface area contributed by atoms with E-state index in [2.05, 4.69) is 4.98 Å². The molecule has 116 valence electrons. The molecule has 3 aromatic heterocycles. The first kappa shape index (κ1) is 13.8. The van der Waals surface area contributed by atoms with Crippen LogP contribution in [0, 0.1) is 0 Å². The Morgan fingerprint density at radius 1 is 1.22 bits per heavy atom. The van der Waals surface area contributed by atoms with E-state index in [1.165, 1.54) is 0 Å². The van der Waals surface area contributed by atoms with E-state index < -0.39 is 0 Å². The molecule has 0 N–H and O–H groups in total. The third-order valence-electron chi connectivity index (χ3n) is 4.14. The number of likely N-dealkylation sites (tertiary alicyclic amines) is 1. The van der Waals surface area contributed by atoms with Crippen LogP contribution in [0.15, 0.2) is 61.2 Å². The van der Waals surface area contributed by atoms with Gasteiger partial charge in [0.05, 0.1) is 12.1 Å². The van der Waals surface area contributed by atoms with Gasteiger partial charge in [0, 0.05) is 43.3 Å². The Kier molecular flexibility index (Phi) is 3.46. The van der Waals surface area contributed by atoms with Gasteiger partial charge in [-0.1, -0.05) is 6.07 Å². The molecular weight excluding hydrogens is 290 g/mol. The maximum Gasteiger partial charge on any atom is 0.255 e. The van der Waals surface area contributed by atoms with Gasteiger partial charge in [-0.25, -0.2) is 0 Å². The van der Waals surface area contributed by atoms with Crippen molar-refractivity contribution in [1.82, 2.24) is 14.3 Å². The molecule has 4 heterocycles. The molecule has 1 atom stereocenters. The summed E-state index contributed by atoms with van der Waals surface area (Å²) < 4.78 is 7.88. The highest BCUT2D eigenvalue weighted by Gasteiger charge is 2.28. The van der Waals surface area contributed by atoms with E-state index in [0.29, 0.717) is 6.54 Å². The molecule has 1 aliphatic rings. The summed E-state index contributed by atoms with van der Waals surface area (Å²) in [5.41, 5.74) is 1.75. The van der Waals surface area contributed by atoms with Crippen LogP contribution in [0.5, 0.6) is 5.75 Å². The smallest absolute Gasteiger partial charge is 0.255 e. The van der Waals surface area contributed by atoms with Crippen molar-refractivity contribution in [2.75, 3.05) is 13.1 Å². The average molecular weight is 307 g/mol. The monoisotopic (exact) mass is 307 g/mol. The zero-order chi connectivity index (χ0) is 15.6. The van der Waals surface area contributed by atoms with Gasteiger partial charge in [-0.2, -0.15) is 0 Å². The number of carbonyl (C=O) groups excluding carboxylic acids is 1. The van der Waals surface area contributed by atoms with Crippen LogP contribution < -0.4 is 4.74 Å². The van der Waals surface area contributed by atoms with Crippen molar-refractivity contribution >= 4 is 11.4 Å². The Morgan fingerprint density at radius 3 is 2.91 bits per heavy atom. The second-order valence-electron chi connectivity index (χ2n) is 5.72. The van der Waals surface area contributed by atoms with Crippen molar-refractivity contribution in [2.24, 2.45) is 0 Å². The third kappa shape index (κ3) is 2.77. The minimum Gasteiger partial charge on any atom is -0.488 e. The molecule has 0 spiro atoms. The van der Waals surface area contributed by atoms with E-state index in [-0.39, 0.29) is 12.0 Å². The van der Waals surface area contributed by atoms with Crippen molar-refractivity contribution in [1.29, 1.82) is 0 Å². The summed E-state index contributed by atoms with van der Waals surface area (Å²) in [6.07, 6.45) is 8.14. The molecule has 23 heavy (non-hydrogen) atoms. The van der Waals surface area contributed by atoms with E-state index in [9.17, 15) is 4.79 Å². The summed E-state index contributed by atoms with van der Waals surface area (Å²) in [4.78, 5) is 18.5. The Labute approximate surface area is 134 Å². The first-order valence-corrected chi connectivity index (χ1v) is 7.72. The topological polar surface area (TPSA) is 46.8 Å². The van der Waals surface area contributed by atoms with Gasteiger partial charge in [-0.05, 0) is 30.3 Å². The number of amides is 1. The molecule has 0 unspecified atom stereocenters. The van der Waals surface area contributed by atoms with Crippen LogP contribution in [0.25, 0.3) is 5.52 Å². The number of nitrogens with zero attached hydrogens (tertiary/aromatic N) is 3. The van der Waals surface area contributed by atoms with Crippen molar-refractivity contribution in [3.63, 3.8) is 0 Å². The molecule has 5 heteroatoms. The second-order valence-corrected chi connectivity index (χ2v) is 5.72. The van der Waals surface area contributed by atoms with E-state index in [1.54, 1.807) is 12.4 Å². The quantitative estimate of drug-likeness (QED) is 0.747. The van der Waals surface area contributed by atoms with Crippen LogP contribution in [-0.4, -0.2) is 39.4 Å². The maximum absolute atomic E-state index is 12.7. The Bertz CT molecular complexity index is 795. The van der Waals surface area contributed by atoms with Crippen LogP contribution in [0.1, 0.15) is 16.8 Å². The fraction of sp³-hybridized carbons (Fsp3) is 0.222. The van der Waals surface area contributed by atoms with Crippen LogP contribution in [-0.2, 0) is 0 Å².